The summed E-state index contributed by atoms with van der Waals surface area (Å²) in [4.78, 5) is 32.5. The van der Waals surface area contributed by atoms with Crippen molar-refractivity contribution in [3.8, 4) is 0 Å². The summed E-state index contributed by atoms with van der Waals surface area (Å²) < 4.78 is 4.76. The van der Waals surface area contributed by atoms with E-state index in [4.69, 9.17) is 16.3 Å². The molecule has 0 saturated heterocycles. The molecule has 0 aliphatic heterocycles. The van der Waals surface area contributed by atoms with Gasteiger partial charge in [-0.2, -0.15) is 0 Å². The molecule has 0 radical (unpaired) electrons. The van der Waals surface area contributed by atoms with Crippen LogP contribution in [0.5, 0.6) is 0 Å². The van der Waals surface area contributed by atoms with Crippen molar-refractivity contribution in [3.05, 3.63) is 76.7 Å². The molecule has 0 unspecified atom stereocenters. The predicted molar refractivity (Wildman–Crippen MR) is 107 cm³/mol. The maximum Gasteiger partial charge on any atom is 0.339 e. The first-order valence-electron chi connectivity index (χ1n) is 8.32. The normalized spacial score (nSPS) is 10.2. The number of hydrogen-bond acceptors (Lipinski definition) is 6. The number of aromatic nitrogens is 2. The van der Waals surface area contributed by atoms with Gasteiger partial charge >= 0.3 is 5.97 Å². The Morgan fingerprint density at radius 3 is 2.54 bits per heavy atom. The first kappa shape index (κ1) is 19.3. The lowest BCUT2D eigenvalue weighted by molar-refractivity contribution is 0.0601. The maximum absolute atomic E-state index is 12.4. The average molecular weight is 397 g/mol. The van der Waals surface area contributed by atoms with E-state index in [0.717, 1.165) is 5.56 Å². The predicted octanol–water partition coefficient (Wildman–Crippen LogP) is 4.22. The van der Waals surface area contributed by atoms with Crippen molar-refractivity contribution >= 4 is 40.7 Å². The molecule has 1 heterocycles. The average Bonchev–Trinajstić information content (AvgIpc) is 2.71. The molecule has 1 amide bonds. The Morgan fingerprint density at radius 2 is 1.82 bits per heavy atom. The zero-order chi connectivity index (χ0) is 20.1. The standard InChI is InChI=1S/C20H17ClN4O3/c1-12-7-8-13(21)9-16(12)25-19(26)17-10-23-18(11-22-17)24-15-6-4-3-5-14(15)20(27)28-2/h3-11H,1-2H3,(H,23,24)(H,25,26). The summed E-state index contributed by atoms with van der Waals surface area (Å²) in [5, 5.41) is 6.28. The zero-order valence-corrected chi connectivity index (χ0v) is 15.9. The Balaban J connectivity index is 1.74. The molecule has 0 fully saturated rings. The van der Waals surface area contributed by atoms with E-state index in [9.17, 15) is 9.59 Å². The summed E-state index contributed by atoms with van der Waals surface area (Å²) in [6, 6.07) is 12.1. The van der Waals surface area contributed by atoms with Gasteiger partial charge in [-0.3, -0.25) is 4.79 Å². The zero-order valence-electron chi connectivity index (χ0n) is 15.2. The van der Waals surface area contributed by atoms with Gasteiger partial charge < -0.3 is 15.4 Å². The molecule has 0 bridgehead atoms. The summed E-state index contributed by atoms with van der Waals surface area (Å²) >= 11 is 5.97. The number of para-hydroxylation sites is 1. The molecule has 2 N–H and O–H groups in total. The fraction of sp³-hybridized carbons (Fsp3) is 0.100. The highest BCUT2D eigenvalue weighted by Gasteiger charge is 2.13. The first-order chi connectivity index (χ1) is 13.5. The molecule has 0 saturated carbocycles. The van der Waals surface area contributed by atoms with Gasteiger partial charge in [0, 0.05) is 10.7 Å². The van der Waals surface area contributed by atoms with Gasteiger partial charge in [0.05, 0.1) is 30.8 Å². The lowest BCUT2D eigenvalue weighted by atomic mass is 10.2. The summed E-state index contributed by atoms with van der Waals surface area (Å²) in [6.07, 6.45) is 2.76. The Morgan fingerprint density at radius 1 is 1.04 bits per heavy atom. The molecule has 0 atom stereocenters. The Hall–Kier alpha value is -3.45. The van der Waals surface area contributed by atoms with Crippen LogP contribution in [0.25, 0.3) is 0 Å². The molecule has 7 nitrogen and oxygen atoms in total. The van der Waals surface area contributed by atoms with E-state index < -0.39 is 11.9 Å². The molecule has 3 aromatic rings. The molecule has 0 spiro atoms. The fourth-order valence-electron chi connectivity index (χ4n) is 2.44. The molecular weight excluding hydrogens is 380 g/mol. The van der Waals surface area contributed by atoms with Crippen molar-refractivity contribution in [1.29, 1.82) is 0 Å². The van der Waals surface area contributed by atoms with Gasteiger partial charge in [0.2, 0.25) is 0 Å². The number of benzene rings is 2. The minimum atomic E-state index is -0.469. The number of esters is 1. The monoisotopic (exact) mass is 396 g/mol. The molecule has 0 aliphatic carbocycles. The van der Waals surface area contributed by atoms with Gasteiger partial charge in [0.15, 0.2) is 0 Å². The van der Waals surface area contributed by atoms with Crippen LogP contribution in [0.15, 0.2) is 54.9 Å². The van der Waals surface area contributed by atoms with Crippen LogP contribution in [0.1, 0.15) is 26.4 Å². The highest BCUT2D eigenvalue weighted by atomic mass is 35.5. The number of carbonyl (C=O) groups is 2. The molecule has 1 aromatic heterocycles. The van der Waals surface area contributed by atoms with Crippen molar-refractivity contribution in [1.82, 2.24) is 9.97 Å². The fourth-order valence-corrected chi connectivity index (χ4v) is 2.62. The molecule has 28 heavy (non-hydrogen) atoms. The first-order valence-corrected chi connectivity index (χ1v) is 8.69. The number of anilines is 3. The van der Waals surface area contributed by atoms with E-state index in [1.807, 2.05) is 13.0 Å². The van der Waals surface area contributed by atoms with Crippen molar-refractivity contribution in [2.45, 2.75) is 6.92 Å². The van der Waals surface area contributed by atoms with Gasteiger partial charge in [-0.15, -0.1) is 0 Å². The second-order valence-electron chi connectivity index (χ2n) is 5.86. The topological polar surface area (TPSA) is 93.2 Å². The molecule has 0 aliphatic rings. The number of halogens is 1. The lowest BCUT2D eigenvalue weighted by Gasteiger charge is -2.11. The van der Waals surface area contributed by atoms with Crippen LogP contribution in [0.2, 0.25) is 5.02 Å². The summed E-state index contributed by atoms with van der Waals surface area (Å²) in [7, 11) is 1.31. The number of ether oxygens (including phenoxy) is 1. The Labute approximate surface area is 166 Å². The lowest BCUT2D eigenvalue weighted by Crippen LogP contribution is -2.15. The SMILES string of the molecule is COC(=O)c1ccccc1Nc1cnc(C(=O)Nc2cc(Cl)ccc2C)cn1. The number of nitrogens with one attached hydrogen (secondary N) is 2. The van der Waals surface area contributed by atoms with E-state index in [1.165, 1.54) is 19.5 Å². The van der Waals surface area contributed by atoms with Crippen LogP contribution >= 0.6 is 11.6 Å². The minimum absolute atomic E-state index is 0.145. The minimum Gasteiger partial charge on any atom is -0.465 e. The van der Waals surface area contributed by atoms with Crippen LogP contribution in [-0.2, 0) is 4.74 Å². The number of methoxy groups -OCH3 is 1. The summed E-state index contributed by atoms with van der Waals surface area (Å²) in [6.45, 7) is 1.86. The van der Waals surface area contributed by atoms with Crippen LogP contribution in [0.4, 0.5) is 17.2 Å². The van der Waals surface area contributed by atoms with E-state index >= 15 is 0 Å². The third-order valence-electron chi connectivity index (χ3n) is 3.93. The highest BCUT2D eigenvalue weighted by molar-refractivity contribution is 6.31. The largest absolute Gasteiger partial charge is 0.465 e. The van der Waals surface area contributed by atoms with E-state index in [-0.39, 0.29) is 5.69 Å². The van der Waals surface area contributed by atoms with Crippen molar-refractivity contribution in [2.24, 2.45) is 0 Å². The van der Waals surface area contributed by atoms with Gasteiger partial charge in [-0.1, -0.05) is 29.8 Å². The number of rotatable bonds is 5. The number of nitrogens with zero attached hydrogens (tertiary/aromatic N) is 2. The van der Waals surface area contributed by atoms with Crippen molar-refractivity contribution in [3.63, 3.8) is 0 Å². The van der Waals surface area contributed by atoms with E-state index in [2.05, 4.69) is 20.6 Å². The van der Waals surface area contributed by atoms with Crippen LogP contribution in [0.3, 0.4) is 0 Å². The van der Waals surface area contributed by atoms with Crippen molar-refractivity contribution < 1.29 is 14.3 Å². The highest BCUT2D eigenvalue weighted by Crippen LogP contribution is 2.22. The summed E-state index contributed by atoms with van der Waals surface area (Å²) in [5.74, 6) is -0.491. The van der Waals surface area contributed by atoms with Crippen molar-refractivity contribution in [2.75, 3.05) is 17.7 Å². The van der Waals surface area contributed by atoms with Gasteiger partial charge in [-0.05, 0) is 36.8 Å². The Kier molecular flexibility index (Phi) is 5.86. The van der Waals surface area contributed by atoms with Gasteiger partial charge in [0.25, 0.3) is 5.91 Å². The third-order valence-corrected chi connectivity index (χ3v) is 4.16. The second-order valence-corrected chi connectivity index (χ2v) is 6.30. The van der Waals surface area contributed by atoms with Gasteiger partial charge in [-0.25, -0.2) is 14.8 Å². The molecule has 8 heteroatoms. The number of carbonyl (C=O) groups excluding carboxylic acids is 2. The van der Waals surface area contributed by atoms with Crippen LogP contribution in [0, 0.1) is 6.92 Å². The Bertz CT molecular complexity index is 1020. The molecule has 142 valence electrons. The smallest absolute Gasteiger partial charge is 0.339 e. The second kappa shape index (κ2) is 8.49. The number of aryl methyl sites for hydroxylation is 1. The third kappa shape index (κ3) is 4.44. The van der Waals surface area contributed by atoms with E-state index in [0.29, 0.717) is 27.8 Å². The van der Waals surface area contributed by atoms with Crippen LogP contribution < -0.4 is 10.6 Å². The van der Waals surface area contributed by atoms with Gasteiger partial charge in [0.1, 0.15) is 11.5 Å². The molecule has 3 rings (SSSR count). The maximum atomic E-state index is 12.4. The number of amides is 1. The van der Waals surface area contributed by atoms with Crippen LogP contribution in [-0.4, -0.2) is 29.0 Å². The number of hydrogen-bond donors (Lipinski definition) is 2. The molecule has 2 aromatic carbocycles. The molecular formula is C20H17ClN4O3. The summed E-state index contributed by atoms with van der Waals surface area (Å²) in [5.41, 5.74) is 2.52. The quantitative estimate of drug-likeness (QED) is 0.627. The van der Waals surface area contributed by atoms with E-state index in [1.54, 1.807) is 36.4 Å².